The number of hydrogen-bond acceptors (Lipinski definition) is 4. The summed E-state index contributed by atoms with van der Waals surface area (Å²) in [7, 11) is 0. The Kier molecular flexibility index (Phi) is 3.93. The molecule has 3 aromatic rings. The minimum absolute atomic E-state index is 0.154. The zero-order chi connectivity index (χ0) is 15.5. The third-order valence-corrected chi connectivity index (χ3v) is 4.07. The third kappa shape index (κ3) is 2.60. The van der Waals surface area contributed by atoms with Crippen LogP contribution in [0.15, 0.2) is 53.4 Å². The lowest BCUT2D eigenvalue weighted by molar-refractivity contribution is 1.06. The number of hydrogen-bond donors (Lipinski definition) is 3. The lowest BCUT2D eigenvalue weighted by atomic mass is 10.0. The predicted octanol–water partition coefficient (Wildman–Crippen LogP) is 3.32. The molecule has 0 unspecified atom stereocenters. The van der Waals surface area contributed by atoms with E-state index in [0.29, 0.717) is 5.82 Å². The van der Waals surface area contributed by atoms with Gasteiger partial charge in [-0.25, -0.2) is 0 Å². The molecule has 0 aliphatic carbocycles. The molecule has 4 N–H and O–H groups in total. The number of benzene rings is 2. The van der Waals surface area contributed by atoms with Crippen LogP contribution in [0.3, 0.4) is 0 Å². The molecule has 0 saturated heterocycles. The molecule has 0 aliphatic rings. The van der Waals surface area contributed by atoms with Gasteiger partial charge in [0.25, 0.3) is 0 Å². The standard InChI is InChI=1S/C16H15N5S/c1-22-12-9-5-8-11-13(12)15(19-16(17)18)21-20-14(11)10-6-3-2-4-7-10/h2-9H,1H3,(H4,17,18,19,21). The van der Waals surface area contributed by atoms with E-state index in [0.717, 1.165) is 26.9 Å². The van der Waals surface area contributed by atoms with Crippen molar-refractivity contribution in [3.63, 3.8) is 0 Å². The Morgan fingerprint density at radius 1 is 1.09 bits per heavy atom. The molecule has 1 heterocycles. The monoisotopic (exact) mass is 309 g/mol. The fourth-order valence-corrected chi connectivity index (χ4v) is 3.00. The second-order valence-corrected chi connectivity index (χ2v) is 5.53. The van der Waals surface area contributed by atoms with Crippen LogP contribution in [0.1, 0.15) is 0 Å². The molecule has 0 spiro atoms. The molecule has 0 amide bonds. The normalized spacial score (nSPS) is 10.6. The minimum Gasteiger partial charge on any atom is -0.370 e. The first-order valence-electron chi connectivity index (χ1n) is 6.70. The van der Waals surface area contributed by atoms with E-state index in [-0.39, 0.29) is 5.96 Å². The van der Waals surface area contributed by atoms with Crippen LogP contribution in [0.25, 0.3) is 22.0 Å². The highest BCUT2D eigenvalue weighted by molar-refractivity contribution is 7.98. The number of thioether (sulfide) groups is 1. The molecule has 0 saturated carbocycles. The van der Waals surface area contributed by atoms with Gasteiger partial charge in [-0.2, -0.15) is 0 Å². The molecule has 0 radical (unpaired) electrons. The lowest BCUT2D eigenvalue weighted by Crippen LogP contribution is -2.21. The molecule has 0 atom stereocenters. The Balaban J connectivity index is 2.32. The minimum atomic E-state index is -0.154. The number of fused-ring (bicyclic) bond motifs is 1. The largest absolute Gasteiger partial charge is 0.370 e. The first kappa shape index (κ1) is 14.3. The van der Waals surface area contributed by atoms with E-state index in [1.807, 2.05) is 54.8 Å². The summed E-state index contributed by atoms with van der Waals surface area (Å²) in [5.41, 5.74) is 7.28. The summed E-state index contributed by atoms with van der Waals surface area (Å²) in [5.74, 6) is 0.353. The van der Waals surface area contributed by atoms with E-state index in [9.17, 15) is 0 Å². The predicted molar refractivity (Wildman–Crippen MR) is 92.3 cm³/mol. The van der Waals surface area contributed by atoms with Crippen molar-refractivity contribution in [2.75, 3.05) is 11.6 Å². The van der Waals surface area contributed by atoms with Crippen LogP contribution >= 0.6 is 11.8 Å². The van der Waals surface area contributed by atoms with Crippen LogP contribution in [0.4, 0.5) is 5.82 Å². The highest BCUT2D eigenvalue weighted by Crippen LogP contribution is 2.35. The van der Waals surface area contributed by atoms with Crippen molar-refractivity contribution >= 4 is 34.3 Å². The van der Waals surface area contributed by atoms with Crippen molar-refractivity contribution in [3.05, 3.63) is 48.5 Å². The average Bonchev–Trinajstić information content (AvgIpc) is 2.54. The van der Waals surface area contributed by atoms with Crippen molar-refractivity contribution < 1.29 is 0 Å². The maximum atomic E-state index is 7.44. The first-order valence-corrected chi connectivity index (χ1v) is 7.93. The van der Waals surface area contributed by atoms with Gasteiger partial charge in [0.15, 0.2) is 11.8 Å². The molecular weight excluding hydrogens is 294 g/mol. The van der Waals surface area contributed by atoms with Gasteiger partial charge in [0, 0.05) is 21.2 Å². The van der Waals surface area contributed by atoms with Crippen molar-refractivity contribution in [1.82, 2.24) is 10.2 Å². The summed E-state index contributed by atoms with van der Waals surface area (Å²) in [6, 6.07) is 16.0. The van der Waals surface area contributed by atoms with Crippen LogP contribution in [0, 0.1) is 5.41 Å². The van der Waals surface area contributed by atoms with Gasteiger partial charge in [0.2, 0.25) is 0 Å². The molecule has 3 rings (SSSR count). The van der Waals surface area contributed by atoms with Gasteiger partial charge in [-0.15, -0.1) is 22.0 Å². The number of rotatable bonds is 3. The summed E-state index contributed by atoms with van der Waals surface area (Å²) in [4.78, 5) is 1.06. The van der Waals surface area contributed by atoms with E-state index in [4.69, 9.17) is 11.1 Å². The van der Waals surface area contributed by atoms with Gasteiger partial charge in [-0.05, 0) is 12.3 Å². The zero-order valence-corrected chi connectivity index (χ0v) is 12.8. The fraction of sp³-hybridized carbons (Fsp3) is 0.0625. The molecular formula is C16H15N5S. The average molecular weight is 309 g/mol. The van der Waals surface area contributed by atoms with Crippen molar-refractivity contribution in [2.24, 2.45) is 5.73 Å². The van der Waals surface area contributed by atoms with Gasteiger partial charge in [0.1, 0.15) is 5.69 Å². The van der Waals surface area contributed by atoms with E-state index >= 15 is 0 Å². The third-order valence-electron chi connectivity index (χ3n) is 3.29. The maximum Gasteiger partial charge on any atom is 0.191 e. The Morgan fingerprint density at radius 2 is 1.86 bits per heavy atom. The van der Waals surface area contributed by atoms with Gasteiger partial charge in [0.05, 0.1) is 0 Å². The van der Waals surface area contributed by atoms with Crippen molar-refractivity contribution in [2.45, 2.75) is 4.90 Å². The zero-order valence-electron chi connectivity index (χ0n) is 12.0. The Bertz CT molecular complexity index is 833. The van der Waals surface area contributed by atoms with E-state index in [2.05, 4.69) is 15.5 Å². The van der Waals surface area contributed by atoms with Gasteiger partial charge >= 0.3 is 0 Å². The van der Waals surface area contributed by atoms with Crippen LogP contribution in [-0.4, -0.2) is 22.4 Å². The number of nitrogens with zero attached hydrogens (tertiary/aromatic N) is 2. The number of nitrogens with two attached hydrogens (primary N) is 1. The smallest absolute Gasteiger partial charge is 0.191 e. The summed E-state index contributed by atoms with van der Waals surface area (Å²) in [5, 5.41) is 20.7. The SMILES string of the molecule is CSc1cccc2c(-c3ccccc3)nnc(NC(=N)N)c12. The van der Waals surface area contributed by atoms with Gasteiger partial charge in [-0.1, -0.05) is 42.5 Å². The second-order valence-electron chi connectivity index (χ2n) is 4.68. The van der Waals surface area contributed by atoms with Crippen molar-refractivity contribution in [1.29, 1.82) is 5.41 Å². The van der Waals surface area contributed by atoms with Gasteiger partial charge < -0.3 is 11.1 Å². The summed E-state index contributed by atoms with van der Waals surface area (Å²) >= 11 is 1.62. The Hall–Kier alpha value is -2.60. The topological polar surface area (TPSA) is 87.7 Å². The molecule has 1 aromatic heterocycles. The molecule has 0 aliphatic heterocycles. The molecule has 0 bridgehead atoms. The number of nitrogens with one attached hydrogen (secondary N) is 2. The maximum absolute atomic E-state index is 7.44. The Labute approximate surface area is 132 Å². The number of anilines is 1. The molecule has 0 fully saturated rings. The van der Waals surface area contributed by atoms with Crippen molar-refractivity contribution in [3.8, 4) is 11.3 Å². The summed E-state index contributed by atoms with van der Waals surface area (Å²) < 4.78 is 0. The molecule has 6 heteroatoms. The quantitative estimate of drug-likeness (QED) is 0.392. The highest BCUT2D eigenvalue weighted by Gasteiger charge is 2.14. The van der Waals surface area contributed by atoms with Crippen LogP contribution in [0.2, 0.25) is 0 Å². The number of aromatic nitrogens is 2. The fourth-order valence-electron chi connectivity index (χ4n) is 2.37. The molecule has 110 valence electrons. The lowest BCUT2D eigenvalue weighted by Gasteiger charge is -2.12. The number of guanidine groups is 1. The summed E-state index contributed by atoms with van der Waals surface area (Å²) in [6.45, 7) is 0. The van der Waals surface area contributed by atoms with E-state index < -0.39 is 0 Å². The molecule has 2 aromatic carbocycles. The second kappa shape index (κ2) is 6.03. The van der Waals surface area contributed by atoms with Crippen LogP contribution in [-0.2, 0) is 0 Å². The summed E-state index contributed by atoms with van der Waals surface area (Å²) in [6.07, 6.45) is 2.01. The Morgan fingerprint density at radius 3 is 2.55 bits per heavy atom. The van der Waals surface area contributed by atoms with Crippen LogP contribution < -0.4 is 11.1 Å². The van der Waals surface area contributed by atoms with E-state index in [1.54, 1.807) is 11.8 Å². The first-order chi connectivity index (χ1) is 10.7. The van der Waals surface area contributed by atoms with Crippen LogP contribution in [0.5, 0.6) is 0 Å². The van der Waals surface area contributed by atoms with Gasteiger partial charge in [-0.3, -0.25) is 5.41 Å². The van der Waals surface area contributed by atoms with E-state index in [1.165, 1.54) is 0 Å². The molecule has 22 heavy (non-hydrogen) atoms. The molecule has 5 nitrogen and oxygen atoms in total. The highest BCUT2D eigenvalue weighted by atomic mass is 32.2.